The fourth-order valence-corrected chi connectivity index (χ4v) is 3.88. The van der Waals surface area contributed by atoms with Crippen LogP contribution in [0.5, 0.6) is 5.75 Å². The number of ether oxygens (including phenoxy) is 2. The number of anilines is 1. The molecule has 2 fully saturated rings. The lowest BCUT2D eigenvalue weighted by Gasteiger charge is -2.35. The van der Waals surface area contributed by atoms with Gasteiger partial charge in [-0.2, -0.15) is 0 Å². The number of nitrogens with zero attached hydrogens (tertiary/aromatic N) is 4. The average Bonchev–Trinajstić information content (AvgIpc) is 3.11. The van der Waals surface area contributed by atoms with Crippen LogP contribution in [0.4, 0.5) is 5.82 Å². The van der Waals surface area contributed by atoms with Crippen molar-refractivity contribution < 1.29 is 14.3 Å². The average molecular weight is 348 g/mol. The second-order valence-electron chi connectivity index (χ2n) is 7.11. The van der Waals surface area contributed by atoms with Gasteiger partial charge in [0, 0.05) is 27.2 Å². The summed E-state index contributed by atoms with van der Waals surface area (Å²) in [6, 6.07) is 0. The number of piperidine rings is 1. The number of carbonyl (C=O) groups is 1. The third kappa shape index (κ3) is 3.71. The molecule has 3 heterocycles. The van der Waals surface area contributed by atoms with Gasteiger partial charge in [-0.05, 0) is 38.5 Å². The summed E-state index contributed by atoms with van der Waals surface area (Å²) in [6.45, 7) is 3.78. The summed E-state index contributed by atoms with van der Waals surface area (Å²) in [4.78, 5) is 24.6. The Morgan fingerprint density at radius 2 is 1.96 bits per heavy atom. The standard InChI is InChI=1S/C18H28N4O3/c1-12-16(24-4)17(20-11-19-12)22-9-7-13(8-10-22)14-5-6-15(25-14)18(23)21(2)3/h11,13-15H,5-10H2,1-4H3/t14-,15+/m0/s1. The molecule has 0 spiro atoms. The number of hydrogen-bond acceptors (Lipinski definition) is 6. The number of amides is 1. The topological polar surface area (TPSA) is 67.8 Å². The lowest BCUT2D eigenvalue weighted by Crippen LogP contribution is -2.39. The molecule has 2 atom stereocenters. The number of rotatable bonds is 4. The summed E-state index contributed by atoms with van der Waals surface area (Å²) in [5.74, 6) is 2.22. The van der Waals surface area contributed by atoms with E-state index in [0.717, 1.165) is 56.0 Å². The Balaban J connectivity index is 1.58. The zero-order chi connectivity index (χ0) is 18.0. The molecule has 2 aliphatic rings. The Morgan fingerprint density at radius 1 is 1.24 bits per heavy atom. The molecule has 2 aliphatic heterocycles. The fraction of sp³-hybridized carbons (Fsp3) is 0.722. The van der Waals surface area contributed by atoms with Crippen LogP contribution in [0.25, 0.3) is 0 Å². The smallest absolute Gasteiger partial charge is 0.251 e. The molecule has 7 nitrogen and oxygen atoms in total. The van der Waals surface area contributed by atoms with E-state index in [1.807, 2.05) is 6.92 Å². The summed E-state index contributed by atoms with van der Waals surface area (Å²) in [7, 11) is 5.24. The number of aromatic nitrogens is 2. The van der Waals surface area contributed by atoms with Crippen LogP contribution in [0, 0.1) is 12.8 Å². The van der Waals surface area contributed by atoms with Gasteiger partial charge in [0.2, 0.25) is 0 Å². The van der Waals surface area contributed by atoms with E-state index in [4.69, 9.17) is 9.47 Å². The first kappa shape index (κ1) is 17.9. The highest BCUT2D eigenvalue weighted by Gasteiger charge is 2.37. The molecular weight excluding hydrogens is 320 g/mol. The molecule has 3 rings (SSSR count). The highest BCUT2D eigenvalue weighted by Crippen LogP contribution is 2.35. The number of carbonyl (C=O) groups excluding carboxylic acids is 1. The zero-order valence-corrected chi connectivity index (χ0v) is 15.6. The maximum atomic E-state index is 12.1. The zero-order valence-electron chi connectivity index (χ0n) is 15.6. The third-order valence-corrected chi connectivity index (χ3v) is 5.30. The van der Waals surface area contributed by atoms with Gasteiger partial charge in [0.05, 0.1) is 18.9 Å². The van der Waals surface area contributed by atoms with E-state index in [1.54, 1.807) is 32.4 Å². The van der Waals surface area contributed by atoms with Gasteiger partial charge in [0.1, 0.15) is 12.4 Å². The van der Waals surface area contributed by atoms with Gasteiger partial charge in [-0.1, -0.05) is 0 Å². The second kappa shape index (κ2) is 7.56. The van der Waals surface area contributed by atoms with Crippen molar-refractivity contribution in [3.8, 4) is 5.75 Å². The van der Waals surface area contributed by atoms with E-state index in [9.17, 15) is 4.79 Å². The molecule has 0 aliphatic carbocycles. The van der Waals surface area contributed by atoms with Crippen molar-refractivity contribution in [1.82, 2.24) is 14.9 Å². The molecule has 138 valence electrons. The van der Waals surface area contributed by atoms with Crippen molar-refractivity contribution in [1.29, 1.82) is 0 Å². The number of aryl methyl sites for hydroxylation is 1. The first-order valence-electron chi connectivity index (χ1n) is 8.98. The van der Waals surface area contributed by atoms with Crippen molar-refractivity contribution in [3.05, 3.63) is 12.0 Å². The molecular formula is C18H28N4O3. The first-order valence-corrected chi connectivity index (χ1v) is 8.98. The van der Waals surface area contributed by atoms with E-state index in [0.29, 0.717) is 5.92 Å². The second-order valence-corrected chi connectivity index (χ2v) is 7.11. The van der Waals surface area contributed by atoms with E-state index >= 15 is 0 Å². The SMILES string of the molecule is COc1c(C)ncnc1N1CCC([C@@H]2CC[C@H](C(=O)N(C)C)O2)CC1. The minimum atomic E-state index is -0.261. The normalized spacial score (nSPS) is 24.4. The summed E-state index contributed by atoms with van der Waals surface area (Å²) in [6.07, 6.45) is 5.43. The minimum Gasteiger partial charge on any atom is -0.491 e. The molecule has 0 N–H and O–H groups in total. The van der Waals surface area contributed by atoms with Crippen LogP contribution in [0.1, 0.15) is 31.4 Å². The summed E-state index contributed by atoms with van der Waals surface area (Å²) < 4.78 is 11.6. The maximum absolute atomic E-state index is 12.1. The van der Waals surface area contributed by atoms with E-state index in [-0.39, 0.29) is 18.1 Å². The van der Waals surface area contributed by atoms with E-state index in [2.05, 4.69) is 14.9 Å². The van der Waals surface area contributed by atoms with Crippen molar-refractivity contribution in [3.63, 3.8) is 0 Å². The molecule has 0 bridgehead atoms. The van der Waals surface area contributed by atoms with Gasteiger partial charge < -0.3 is 19.3 Å². The van der Waals surface area contributed by atoms with Gasteiger partial charge in [0.25, 0.3) is 5.91 Å². The molecule has 2 saturated heterocycles. The van der Waals surface area contributed by atoms with Crippen LogP contribution < -0.4 is 9.64 Å². The Bertz CT molecular complexity index is 614. The van der Waals surface area contributed by atoms with Crippen LogP contribution >= 0.6 is 0 Å². The Labute approximate surface area is 149 Å². The summed E-state index contributed by atoms with van der Waals surface area (Å²) in [5, 5.41) is 0. The number of likely N-dealkylation sites (N-methyl/N-ethyl adjacent to an activating group) is 1. The fourth-order valence-electron chi connectivity index (χ4n) is 3.88. The molecule has 0 aromatic carbocycles. The largest absolute Gasteiger partial charge is 0.491 e. The summed E-state index contributed by atoms with van der Waals surface area (Å²) in [5.41, 5.74) is 0.860. The predicted molar refractivity (Wildman–Crippen MR) is 94.8 cm³/mol. The van der Waals surface area contributed by atoms with Crippen LogP contribution in [0.3, 0.4) is 0 Å². The molecule has 0 radical (unpaired) electrons. The Morgan fingerprint density at radius 3 is 2.60 bits per heavy atom. The molecule has 0 unspecified atom stereocenters. The van der Waals surface area contributed by atoms with Gasteiger partial charge in [0.15, 0.2) is 11.6 Å². The number of methoxy groups -OCH3 is 1. The Hall–Kier alpha value is -1.89. The van der Waals surface area contributed by atoms with Crippen molar-refractivity contribution in [2.45, 2.75) is 44.8 Å². The lowest BCUT2D eigenvalue weighted by molar-refractivity contribution is -0.141. The van der Waals surface area contributed by atoms with Crippen molar-refractivity contribution >= 4 is 11.7 Å². The molecule has 7 heteroatoms. The van der Waals surface area contributed by atoms with Crippen LogP contribution in [-0.2, 0) is 9.53 Å². The van der Waals surface area contributed by atoms with Crippen molar-refractivity contribution in [2.24, 2.45) is 5.92 Å². The third-order valence-electron chi connectivity index (χ3n) is 5.30. The maximum Gasteiger partial charge on any atom is 0.251 e. The molecule has 25 heavy (non-hydrogen) atoms. The predicted octanol–water partition coefficient (Wildman–Crippen LogP) is 1.65. The van der Waals surface area contributed by atoms with Gasteiger partial charge >= 0.3 is 0 Å². The molecule has 1 aromatic heterocycles. The molecule has 1 amide bonds. The number of hydrogen-bond donors (Lipinski definition) is 0. The minimum absolute atomic E-state index is 0.0844. The van der Waals surface area contributed by atoms with E-state index < -0.39 is 0 Å². The quantitative estimate of drug-likeness (QED) is 0.824. The van der Waals surface area contributed by atoms with Gasteiger partial charge in [-0.15, -0.1) is 0 Å². The van der Waals surface area contributed by atoms with Gasteiger partial charge in [-0.3, -0.25) is 4.79 Å². The monoisotopic (exact) mass is 348 g/mol. The summed E-state index contributed by atoms with van der Waals surface area (Å²) >= 11 is 0. The lowest BCUT2D eigenvalue weighted by atomic mass is 9.89. The van der Waals surface area contributed by atoms with Gasteiger partial charge in [-0.25, -0.2) is 9.97 Å². The van der Waals surface area contributed by atoms with Crippen LogP contribution in [0.2, 0.25) is 0 Å². The van der Waals surface area contributed by atoms with Crippen molar-refractivity contribution in [2.75, 3.05) is 39.2 Å². The van der Waals surface area contributed by atoms with Crippen LogP contribution in [0.15, 0.2) is 6.33 Å². The van der Waals surface area contributed by atoms with E-state index in [1.165, 1.54) is 0 Å². The van der Waals surface area contributed by atoms with Crippen LogP contribution in [-0.4, -0.2) is 67.3 Å². The molecule has 1 aromatic rings. The highest BCUT2D eigenvalue weighted by molar-refractivity contribution is 5.80. The molecule has 0 saturated carbocycles. The highest BCUT2D eigenvalue weighted by atomic mass is 16.5. The first-order chi connectivity index (χ1) is 12.0. The Kier molecular flexibility index (Phi) is 5.42.